The number of likely N-dealkylation sites (tertiary alicyclic amines) is 1. The number of nitrogens with zero attached hydrogens (tertiary/aromatic N) is 2. The molecule has 3 rings (SSSR count). The van der Waals surface area contributed by atoms with Gasteiger partial charge in [0.2, 0.25) is 0 Å². The number of halogens is 3. The second kappa shape index (κ2) is 8.59. The van der Waals surface area contributed by atoms with Crippen molar-refractivity contribution in [2.75, 3.05) is 13.1 Å². The van der Waals surface area contributed by atoms with Gasteiger partial charge in [0.25, 0.3) is 5.91 Å². The van der Waals surface area contributed by atoms with Gasteiger partial charge in [0.05, 0.1) is 6.20 Å². The van der Waals surface area contributed by atoms with Crippen LogP contribution in [0.15, 0.2) is 30.5 Å². The molecule has 2 aromatic rings. The van der Waals surface area contributed by atoms with Crippen LogP contribution >= 0.6 is 36.2 Å². The maximum Gasteiger partial charge on any atom is 0.265 e. The smallest absolute Gasteiger partial charge is 0.265 e. The molecule has 2 N–H and O–H groups in total. The van der Waals surface area contributed by atoms with E-state index < -0.39 is 0 Å². The molecule has 1 saturated heterocycles. The lowest BCUT2D eigenvalue weighted by molar-refractivity contribution is 0.0719. The minimum atomic E-state index is -0.324. The van der Waals surface area contributed by atoms with E-state index in [-0.39, 0.29) is 42.6 Å². The first-order valence-corrected chi connectivity index (χ1v) is 7.72. The second-order valence-electron chi connectivity index (χ2n) is 5.14. The average Bonchev–Trinajstić information content (AvgIpc) is 2.97. The molecule has 0 radical (unpaired) electrons. The van der Waals surface area contributed by atoms with E-state index in [2.05, 4.69) is 4.98 Å². The molecule has 4 nitrogen and oxygen atoms in total. The summed E-state index contributed by atoms with van der Waals surface area (Å²) >= 11 is 1.23. The first-order chi connectivity index (χ1) is 10.1. The van der Waals surface area contributed by atoms with Crippen LogP contribution in [0.4, 0.5) is 4.39 Å². The molecule has 0 spiro atoms. The molecule has 0 atom stereocenters. The first kappa shape index (κ1) is 19.8. The lowest BCUT2D eigenvalue weighted by Crippen LogP contribution is -2.42. The summed E-state index contributed by atoms with van der Waals surface area (Å²) in [5.74, 6) is -0.364. The number of hydrogen-bond acceptors (Lipinski definition) is 4. The van der Waals surface area contributed by atoms with Crippen LogP contribution in [0.2, 0.25) is 0 Å². The monoisotopic (exact) mass is 377 g/mol. The molecule has 0 unspecified atom stereocenters. The predicted molar refractivity (Wildman–Crippen MR) is 95.1 cm³/mol. The zero-order chi connectivity index (χ0) is 14.8. The highest BCUT2D eigenvalue weighted by Crippen LogP contribution is 2.28. The van der Waals surface area contributed by atoms with Gasteiger partial charge in [0.15, 0.2) is 0 Å². The highest BCUT2D eigenvalue weighted by molar-refractivity contribution is 7.16. The molecular formula is C15H18Cl2FN3OS. The van der Waals surface area contributed by atoms with Crippen molar-refractivity contribution >= 4 is 42.1 Å². The number of piperidine rings is 1. The Morgan fingerprint density at radius 2 is 1.91 bits per heavy atom. The highest BCUT2D eigenvalue weighted by atomic mass is 35.5. The van der Waals surface area contributed by atoms with E-state index in [1.54, 1.807) is 23.1 Å². The third-order valence-electron chi connectivity index (χ3n) is 3.65. The van der Waals surface area contributed by atoms with Gasteiger partial charge in [-0.25, -0.2) is 9.37 Å². The van der Waals surface area contributed by atoms with Crippen LogP contribution in [-0.4, -0.2) is 34.9 Å². The van der Waals surface area contributed by atoms with Crippen LogP contribution in [-0.2, 0) is 0 Å². The predicted octanol–water partition coefficient (Wildman–Crippen LogP) is 3.36. The zero-order valence-electron chi connectivity index (χ0n) is 12.3. The quantitative estimate of drug-likeness (QED) is 0.872. The molecule has 23 heavy (non-hydrogen) atoms. The standard InChI is InChI=1S/C15H16FN3OS.2ClH/c16-12-4-2-1-3-11(12)14-18-9-13(21-14)15(20)19-7-5-10(17)6-8-19;;/h1-4,9-10H,5-8,17H2;2*1H. The summed E-state index contributed by atoms with van der Waals surface area (Å²) in [6, 6.07) is 6.64. The summed E-state index contributed by atoms with van der Waals surface area (Å²) < 4.78 is 13.7. The Kier molecular flexibility index (Phi) is 7.41. The number of nitrogens with two attached hydrogens (primary N) is 1. The number of hydrogen-bond donors (Lipinski definition) is 1. The van der Waals surface area contributed by atoms with E-state index >= 15 is 0 Å². The van der Waals surface area contributed by atoms with Gasteiger partial charge in [-0.05, 0) is 25.0 Å². The molecule has 1 fully saturated rings. The molecule has 2 heterocycles. The van der Waals surface area contributed by atoms with Gasteiger partial charge in [-0.2, -0.15) is 0 Å². The van der Waals surface area contributed by atoms with Gasteiger partial charge in [-0.1, -0.05) is 12.1 Å². The van der Waals surface area contributed by atoms with Crippen LogP contribution in [0, 0.1) is 5.82 Å². The van der Waals surface area contributed by atoms with Crippen molar-refractivity contribution in [2.24, 2.45) is 5.73 Å². The Balaban J connectivity index is 0.00000132. The van der Waals surface area contributed by atoms with E-state index in [1.165, 1.54) is 23.6 Å². The molecule has 126 valence electrons. The normalized spacial score (nSPS) is 14.8. The molecule has 1 aliphatic rings. The minimum absolute atomic E-state index is 0. The molecule has 0 bridgehead atoms. The number of amides is 1. The first-order valence-electron chi connectivity index (χ1n) is 6.91. The molecule has 1 aromatic heterocycles. The minimum Gasteiger partial charge on any atom is -0.338 e. The fraction of sp³-hybridized carbons (Fsp3) is 0.333. The number of carbonyl (C=O) groups excluding carboxylic acids is 1. The molecule has 1 amide bonds. The van der Waals surface area contributed by atoms with Gasteiger partial charge in [-0.15, -0.1) is 36.2 Å². The van der Waals surface area contributed by atoms with Gasteiger partial charge in [0.1, 0.15) is 15.7 Å². The fourth-order valence-electron chi connectivity index (χ4n) is 2.39. The summed E-state index contributed by atoms with van der Waals surface area (Å²) in [5.41, 5.74) is 6.28. The molecule has 0 aliphatic carbocycles. The van der Waals surface area contributed by atoms with E-state index in [4.69, 9.17) is 5.73 Å². The van der Waals surface area contributed by atoms with Crippen molar-refractivity contribution in [3.8, 4) is 10.6 Å². The summed E-state index contributed by atoms with van der Waals surface area (Å²) in [4.78, 5) is 18.9. The second-order valence-corrected chi connectivity index (χ2v) is 6.17. The Labute approximate surface area is 150 Å². The highest BCUT2D eigenvalue weighted by Gasteiger charge is 2.23. The Bertz CT molecular complexity index is 660. The van der Waals surface area contributed by atoms with Crippen molar-refractivity contribution < 1.29 is 9.18 Å². The van der Waals surface area contributed by atoms with Crippen LogP contribution in [0.5, 0.6) is 0 Å². The summed E-state index contributed by atoms with van der Waals surface area (Å²) in [6.07, 6.45) is 3.18. The van der Waals surface area contributed by atoms with Crippen molar-refractivity contribution in [3.05, 3.63) is 41.2 Å². The topological polar surface area (TPSA) is 59.2 Å². The lowest BCUT2D eigenvalue weighted by Gasteiger charge is -2.29. The number of rotatable bonds is 2. The third kappa shape index (κ3) is 4.41. The summed E-state index contributed by atoms with van der Waals surface area (Å²) in [6.45, 7) is 1.35. The average molecular weight is 378 g/mol. The van der Waals surface area contributed by atoms with Crippen molar-refractivity contribution in [3.63, 3.8) is 0 Å². The van der Waals surface area contributed by atoms with E-state index in [1.807, 2.05) is 0 Å². The molecule has 1 aromatic carbocycles. The fourth-order valence-corrected chi connectivity index (χ4v) is 3.30. The number of benzene rings is 1. The van der Waals surface area contributed by atoms with Crippen LogP contribution in [0.3, 0.4) is 0 Å². The molecule has 8 heteroatoms. The zero-order valence-corrected chi connectivity index (χ0v) is 14.7. The third-order valence-corrected chi connectivity index (χ3v) is 4.67. The van der Waals surface area contributed by atoms with Gasteiger partial charge in [0, 0.05) is 24.7 Å². The van der Waals surface area contributed by atoms with Crippen molar-refractivity contribution in [1.82, 2.24) is 9.88 Å². The van der Waals surface area contributed by atoms with E-state index in [0.29, 0.717) is 28.5 Å². The number of aromatic nitrogens is 1. The number of thiazole rings is 1. The largest absolute Gasteiger partial charge is 0.338 e. The molecular weight excluding hydrogens is 360 g/mol. The van der Waals surface area contributed by atoms with Crippen LogP contribution in [0.25, 0.3) is 10.6 Å². The Morgan fingerprint density at radius 1 is 1.26 bits per heavy atom. The molecule has 1 aliphatic heterocycles. The van der Waals surface area contributed by atoms with Crippen LogP contribution < -0.4 is 5.73 Å². The van der Waals surface area contributed by atoms with Crippen LogP contribution in [0.1, 0.15) is 22.5 Å². The number of carbonyl (C=O) groups is 1. The van der Waals surface area contributed by atoms with Gasteiger partial charge in [-0.3, -0.25) is 4.79 Å². The van der Waals surface area contributed by atoms with Gasteiger partial charge < -0.3 is 10.6 Å². The Hall–Kier alpha value is -1.21. The summed E-state index contributed by atoms with van der Waals surface area (Å²) in [7, 11) is 0. The Morgan fingerprint density at radius 3 is 2.57 bits per heavy atom. The van der Waals surface area contributed by atoms with E-state index in [0.717, 1.165) is 12.8 Å². The van der Waals surface area contributed by atoms with E-state index in [9.17, 15) is 9.18 Å². The molecule has 0 saturated carbocycles. The summed E-state index contributed by atoms with van der Waals surface area (Å²) in [5, 5.41) is 0.533. The van der Waals surface area contributed by atoms with Crippen molar-refractivity contribution in [1.29, 1.82) is 0 Å². The maximum absolute atomic E-state index is 13.7. The SMILES string of the molecule is Cl.Cl.NC1CCN(C(=O)c2cnc(-c3ccccc3F)s2)CC1. The van der Waals surface area contributed by atoms with Gasteiger partial charge >= 0.3 is 0 Å². The maximum atomic E-state index is 13.7. The lowest BCUT2D eigenvalue weighted by atomic mass is 10.1. The van der Waals surface area contributed by atoms with Crippen molar-refractivity contribution in [2.45, 2.75) is 18.9 Å².